The lowest BCUT2D eigenvalue weighted by molar-refractivity contribution is 0.106. The molecule has 2 fully saturated rings. The quantitative estimate of drug-likeness (QED) is 0.722. The Kier molecular flexibility index (Phi) is 5.77. The fourth-order valence-corrected chi connectivity index (χ4v) is 5.15. The smallest absolute Gasteiger partial charge is 0.131 e. The van der Waals surface area contributed by atoms with Crippen molar-refractivity contribution < 1.29 is 0 Å². The van der Waals surface area contributed by atoms with Crippen molar-refractivity contribution in [2.24, 2.45) is 4.99 Å². The molecule has 31 heavy (non-hydrogen) atoms. The van der Waals surface area contributed by atoms with E-state index in [-0.39, 0.29) is 0 Å². The van der Waals surface area contributed by atoms with E-state index < -0.39 is 0 Å². The summed E-state index contributed by atoms with van der Waals surface area (Å²) in [7, 11) is 0. The Balaban J connectivity index is 1.22. The van der Waals surface area contributed by atoms with E-state index in [4.69, 9.17) is 0 Å². The lowest BCUT2D eigenvalue weighted by Gasteiger charge is -2.41. The molecule has 0 bridgehead atoms. The van der Waals surface area contributed by atoms with Crippen LogP contribution in [0.15, 0.2) is 54.1 Å². The van der Waals surface area contributed by atoms with Gasteiger partial charge < -0.3 is 15.1 Å². The summed E-state index contributed by atoms with van der Waals surface area (Å²) in [6.45, 7) is 11.1. The van der Waals surface area contributed by atoms with Gasteiger partial charge in [0.15, 0.2) is 0 Å². The van der Waals surface area contributed by atoms with Gasteiger partial charge in [0.1, 0.15) is 5.82 Å². The number of hydrogen-bond acceptors (Lipinski definition) is 5. The summed E-state index contributed by atoms with van der Waals surface area (Å²) in [4.78, 5) is 14.1. The molecule has 0 unspecified atom stereocenters. The van der Waals surface area contributed by atoms with Crippen LogP contribution in [0.25, 0.3) is 16.3 Å². The predicted octanol–water partition coefficient (Wildman–Crippen LogP) is 5.27. The molecule has 4 heterocycles. The van der Waals surface area contributed by atoms with Gasteiger partial charge in [-0.1, -0.05) is 25.1 Å². The molecule has 0 atom stereocenters. The van der Waals surface area contributed by atoms with Crippen molar-refractivity contribution in [1.82, 2.24) is 14.8 Å². The highest BCUT2D eigenvalue weighted by Crippen LogP contribution is 2.28. The summed E-state index contributed by atoms with van der Waals surface area (Å²) in [6.07, 6.45) is 11.5. The Morgan fingerprint density at radius 3 is 2.58 bits per heavy atom. The second-order valence-corrected chi connectivity index (χ2v) is 9.21. The molecule has 0 amide bonds. The minimum atomic E-state index is 0.749. The molecule has 3 aliphatic rings. The molecule has 2 aromatic rings. The van der Waals surface area contributed by atoms with Crippen LogP contribution in [0, 0.1) is 0 Å². The molecule has 1 aromatic carbocycles. The maximum absolute atomic E-state index is 4.63. The molecule has 162 valence electrons. The van der Waals surface area contributed by atoms with Gasteiger partial charge in [0.25, 0.3) is 0 Å². The van der Waals surface area contributed by atoms with Gasteiger partial charge in [-0.25, -0.2) is 4.98 Å². The van der Waals surface area contributed by atoms with E-state index in [0.717, 1.165) is 42.6 Å². The zero-order valence-corrected chi connectivity index (χ0v) is 18.6. The summed E-state index contributed by atoms with van der Waals surface area (Å²) >= 11 is 0. The molecule has 5 heteroatoms. The van der Waals surface area contributed by atoms with E-state index in [0.29, 0.717) is 0 Å². The fraction of sp³-hybridized carbons (Fsp3) is 0.462. The highest BCUT2D eigenvalue weighted by Gasteiger charge is 2.26. The summed E-state index contributed by atoms with van der Waals surface area (Å²) in [5, 5.41) is 5.81. The Bertz CT molecular complexity index is 1020. The van der Waals surface area contributed by atoms with Crippen molar-refractivity contribution in [3.8, 4) is 0 Å². The van der Waals surface area contributed by atoms with Crippen LogP contribution in [0.2, 0.25) is 0 Å². The van der Waals surface area contributed by atoms with Crippen LogP contribution in [0.5, 0.6) is 0 Å². The normalized spacial score (nSPS) is 20.6. The number of rotatable bonds is 5. The molecule has 5 nitrogen and oxygen atoms in total. The third kappa shape index (κ3) is 4.52. The van der Waals surface area contributed by atoms with Crippen LogP contribution in [0.3, 0.4) is 0 Å². The van der Waals surface area contributed by atoms with E-state index in [1.807, 2.05) is 12.4 Å². The standard InChI is InChI=1S/C26H33N5/c1-19-14-24(18-27-19)21-6-7-22-17-28-26(16-23(22)15-21)29-20(2)30-12-8-25(9-13-30)31-10-4-3-5-11-31/h6-7,15-18,25H,2-5,8-14H2,1H3,(H,28,29). The number of likely N-dealkylation sites (tertiary alicyclic amines) is 2. The Morgan fingerprint density at radius 2 is 1.84 bits per heavy atom. The zero-order chi connectivity index (χ0) is 21.2. The van der Waals surface area contributed by atoms with Gasteiger partial charge in [0, 0.05) is 49.0 Å². The number of aliphatic imine (C=N–C) groups is 1. The maximum atomic E-state index is 4.63. The first-order chi connectivity index (χ1) is 15.2. The lowest BCUT2D eigenvalue weighted by Crippen LogP contribution is -2.46. The Morgan fingerprint density at radius 1 is 1.03 bits per heavy atom. The highest BCUT2D eigenvalue weighted by atomic mass is 15.3. The topological polar surface area (TPSA) is 43.8 Å². The predicted molar refractivity (Wildman–Crippen MR) is 130 cm³/mol. The molecule has 1 N–H and O–H groups in total. The van der Waals surface area contributed by atoms with E-state index in [9.17, 15) is 0 Å². The Hall–Kier alpha value is -2.66. The number of nitrogens with zero attached hydrogens (tertiary/aromatic N) is 4. The van der Waals surface area contributed by atoms with Crippen molar-refractivity contribution in [3.63, 3.8) is 0 Å². The minimum absolute atomic E-state index is 0.749. The van der Waals surface area contributed by atoms with Gasteiger partial charge in [0.2, 0.25) is 0 Å². The molecular weight excluding hydrogens is 382 g/mol. The number of fused-ring (bicyclic) bond motifs is 1. The molecule has 0 spiro atoms. The summed E-state index contributed by atoms with van der Waals surface area (Å²) in [6, 6.07) is 9.44. The molecular formula is C26H33N5. The average Bonchev–Trinajstić information content (AvgIpc) is 3.25. The summed E-state index contributed by atoms with van der Waals surface area (Å²) in [5.74, 6) is 1.82. The zero-order valence-electron chi connectivity index (χ0n) is 18.6. The SMILES string of the molecule is C=C(Nc1cc2cc(C3=CN=C(C)C3)ccc2cn1)N1CCC(N2CCCCC2)CC1. The van der Waals surface area contributed by atoms with Crippen molar-refractivity contribution in [2.45, 2.75) is 51.5 Å². The van der Waals surface area contributed by atoms with Gasteiger partial charge in [-0.15, -0.1) is 0 Å². The summed E-state index contributed by atoms with van der Waals surface area (Å²) in [5.41, 5.74) is 3.70. The monoisotopic (exact) mass is 415 g/mol. The van der Waals surface area contributed by atoms with Crippen LogP contribution < -0.4 is 5.32 Å². The van der Waals surface area contributed by atoms with Crippen molar-refractivity contribution >= 4 is 27.9 Å². The molecule has 2 saturated heterocycles. The van der Waals surface area contributed by atoms with Gasteiger partial charge in [0.05, 0.1) is 5.82 Å². The number of aromatic nitrogens is 1. The van der Waals surface area contributed by atoms with E-state index in [2.05, 4.69) is 62.9 Å². The minimum Gasteiger partial charge on any atom is -0.359 e. The van der Waals surface area contributed by atoms with Gasteiger partial charge in [-0.2, -0.15) is 0 Å². The lowest BCUT2D eigenvalue weighted by atomic mass is 10.00. The van der Waals surface area contributed by atoms with Gasteiger partial charge >= 0.3 is 0 Å². The number of benzene rings is 1. The van der Waals surface area contributed by atoms with Crippen molar-refractivity contribution in [3.05, 3.63) is 54.6 Å². The number of nitrogens with one attached hydrogen (secondary N) is 1. The maximum Gasteiger partial charge on any atom is 0.131 e. The third-order valence-electron chi connectivity index (χ3n) is 7.01. The average molecular weight is 416 g/mol. The van der Waals surface area contributed by atoms with Gasteiger partial charge in [-0.3, -0.25) is 4.99 Å². The van der Waals surface area contributed by atoms with Crippen LogP contribution >= 0.6 is 0 Å². The number of piperidine rings is 2. The van der Waals surface area contributed by atoms with Crippen LogP contribution in [0.1, 0.15) is 51.0 Å². The van der Waals surface area contributed by atoms with Gasteiger partial charge in [-0.05, 0) is 74.4 Å². The molecule has 0 aliphatic carbocycles. The first kappa shape index (κ1) is 20.3. The number of hydrogen-bond donors (Lipinski definition) is 1. The van der Waals surface area contributed by atoms with E-state index in [1.165, 1.54) is 67.4 Å². The number of anilines is 1. The van der Waals surface area contributed by atoms with Crippen LogP contribution in [0.4, 0.5) is 5.82 Å². The van der Waals surface area contributed by atoms with Crippen LogP contribution in [-0.4, -0.2) is 52.7 Å². The third-order valence-corrected chi connectivity index (χ3v) is 7.01. The summed E-state index contributed by atoms with van der Waals surface area (Å²) < 4.78 is 0. The fourth-order valence-electron chi connectivity index (χ4n) is 5.15. The second kappa shape index (κ2) is 8.83. The number of allylic oxidation sites excluding steroid dienone is 1. The molecule has 5 rings (SSSR count). The second-order valence-electron chi connectivity index (χ2n) is 9.21. The number of pyridine rings is 1. The molecule has 0 radical (unpaired) electrons. The molecule has 3 aliphatic heterocycles. The van der Waals surface area contributed by atoms with Crippen molar-refractivity contribution in [1.29, 1.82) is 0 Å². The first-order valence-corrected chi connectivity index (χ1v) is 11.7. The first-order valence-electron chi connectivity index (χ1n) is 11.7. The largest absolute Gasteiger partial charge is 0.359 e. The Labute approximate surface area is 185 Å². The van der Waals surface area contributed by atoms with E-state index >= 15 is 0 Å². The van der Waals surface area contributed by atoms with E-state index in [1.54, 1.807) is 0 Å². The van der Waals surface area contributed by atoms with Crippen LogP contribution in [-0.2, 0) is 0 Å². The molecule has 0 saturated carbocycles. The highest BCUT2D eigenvalue weighted by molar-refractivity contribution is 5.98. The molecule has 1 aromatic heterocycles. The van der Waals surface area contributed by atoms with Crippen molar-refractivity contribution in [2.75, 3.05) is 31.5 Å².